The summed E-state index contributed by atoms with van der Waals surface area (Å²) in [5, 5.41) is 0.789. The van der Waals surface area contributed by atoms with Crippen molar-refractivity contribution in [2.45, 2.75) is 6.92 Å². The van der Waals surface area contributed by atoms with Gasteiger partial charge in [-0.3, -0.25) is 0 Å². The van der Waals surface area contributed by atoms with E-state index in [1.165, 1.54) is 0 Å². The zero-order valence-corrected chi connectivity index (χ0v) is 11.7. The lowest BCUT2D eigenvalue weighted by Gasteiger charge is -2.05. The van der Waals surface area contributed by atoms with Crippen LogP contribution in [-0.4, -0.2) is 0 Å². The van der Waals surface area contributed by atoms with Gasteiger partial charge in [0, 0.05) is 12.5 Å². The van der Waals surface area contributed by atoms with Crippen LogP contribution >= 0.6 is 66.1 Å². The molecular weight excluding hydrogens is 406 g/mol. The van der Waals surface area contributed by atoms with Crippen LogP contribution in [0.15, 0.2) is 15.0 Å². The molecule has 0 unspecified atom stereocenters. The lowest BCUT2D eigenvalue weighted by atomic mass is 10.2. The fraction of sp³-hybridized carbons (Fsp3) is 0.143. The van der Waals surface area contributed by atoms with E-state index in [-0.39, 0.29) is 0 Å². The molecule has 0 aromatic heterocycles. The second kappa shape index (κ2) is 3.94. The molecule has 0 aliphatic heterocycles. The van der Waals surface area contributed by atoms with Crippen molar-refractivity contribution in [1.29, 1.82) is 0 Å². The summed E-state index contributed by atoms with van der Waals surface area (Å²) in [5.74, 6) is 0. The van der Waals surface area contributed by atoms with Crippen LogP contribution in [0.1, 0.15) is 5.56 Å². The second-order valence-corrected chi connectivity index (χ2v) is 5.26. The summed E-state index contributed by atoms with van der Waals surface area (Å²) in [7, 11) is 0. The highest BCUT2D eigenvalue weighted by Gasteiger charge is 2.07. The number of benzene rings is 1. The Balaban J connectivity index is 3.46. The molecule has 0 amide bonds. The lowest BCUT2D eigenvalue weighted by molar-refractivity contribution is 1.38. The van der Waals surface area contributed by atoms with E-state index in [9.17, 15) is 0 Å². The van der Waals surface area contributed by atoms with Crippen molar-refractivity contribution in [3.63, 3.8) is 0 Å². The minimum Gasteiger partial charge on any atom is -0.0828 e. The Hall–Kier alpha value is 1.20. The van der Waals surface area contributed by atoms with Crippen LogP contribution in [0.4, 0.5) is 0 Å². The molecule has 0 bridgehead atoms. The molecule has 0 heterocycles. The van der Waals surface area contributed by atoms with Gasteiger partial charge in [0.05, 0.1) is 5.02 Å². The highest BCUT2D eigenvalue weighted by Crippen LogP contribution is 2.34. The SMILES string of the molecule is Cc1c(Cl)c(Br)cc(Br)c1I. The molecule has 0 saturated carbocycles. The van der Waals surface area contributed by atoms with Crippen LogP contribution in [0.3, 0.4) is 0 Å². The number of rotatable bonds is 0. The van der Waals surface area contributed by atoms with Gasteiger partial charge in [0.15, 0.2) is 0 Å². The third kappa shape index (κ3) is 2.11. The molecule has 0 atom stereocenters. The zero-order chi connectivity index (χ0) is 8.59. The van der Waals surface area contributed by atoms with E-state index in [1.807, 2.05) is 13.0 Å². The van der Waals surface area contributed by atoms with E-state index >= 15 is 0 Å². The minimum absolute atomic E-state index is 0.789. The normalized spacial score (nSPS) is 10.3. The molecule has 11 heavy (non-hydrogen) atoms. The fourth-order valence-corrected chi connectivity index (χ4v) is 2.79. The van der Waals surface area contributed by atoms with Crippen LogP contribution in [0, 0.1) is 10.5 Å². The van der Waals surface area contributed by atoms with Crippen molar-refractivity contribution in [2.75, 3.05) is 0 Å². The van der Waals surface area contributed by atoms with Crippen LogP contribution in [0.25, 0.3) is 0 Å². The van der Waals surface area contributed by atoms with Crippen molar-refractivity contribution < 1.29 is 0 Å². The van der Waals surface area contributed by atoms with E-state index in [0.717, 1.165) is 23.1 Å². The summed E-state index contributed by atoms with van der Waals surface area (Å²) in [4.78, 5) is 0. The fourth-order valence-electron chi connectivity index (χ4n) is 0.693. The van der Waals surface area contributed by atoms with Crippen molar-refractivity contribution >= 4 is 66.1 Å². The predicted octanol–water partition coefficient (Wildman–Crippen LogP) is 4.78. The molecule has 0 fully saturated rings. The summed E-state index contributed by atoms with van der Waals surface area (Å²) < 4.78 is 3.17. The maximum Gasteiger partial charge on any atom is 0.0588 e. The molecule has 1 rings (SSSR count). The summed E-state index contributed by atoms with van der Waals surface area (Å²) in [6.07, 6.45) is 0. The van der Waals surface area contributed by atoms with Crippen molar-refractivity contribution in [2.24, 2.45) is 0 Å². The maximum absolute atomic E-state index is 5.98. The molecule has 0 N–H and O–H groups in total. The number of hydrogen-bond donors (Lipinski definition) is 0. The van der Waals surface area contributed by atoms with Gasteiger partial charge in [-0.25, -0.2) is 0 Å². The third-order valence-corrected chi connectivity index (χ3v) is 5.43. The van der Waals surface area contributed by atoms with Crippen molar-refractivity contribution in [1.82, 2.24) is 0 Å². The van der Waals surface area contributed by atoms with E-state index in [2.05, 4.69) is 54.5 Å². The van der Waals surface area contributed by atoms with E-state index in [1.54, 1.807) is 0 Å². The summed E-state index contributed by atoms with van der Waals surface area (Å²) in [6.45, 7) is 2.00. The van der Waals surface area contributed by atoms with E-state index < -0.39 is 0 Å². The number of halogens is 4. The first-order valence-corrected chi connectivity index (χ1v) is 5.88. The average Bonchev–Trinajstić information content (AvgIpc) is 1.97. The molecule has 1 aromatic rings. The van der Waals surface area contributed by atoms with Crippen LogP contribution in [0.2, 0.25) is 5.02 Å². The van der Waals surface area contributed by atoms with Crippen molar-refractivity contribution in [3.8, 4) is 0 Å². The summed E-state index contributed by atoms with van der Waals surface area (Å²) in [5.41, 5.74) is 1.11. The molecule has 60 valence electrons. The summed E-state index contributed by atoms with van der Waals surface area (Å²) >= 11 is 15.0. The Bertz CT molecular complexity index is 273. The standard InChI is InChI=1S/C7H4Br2ClI/c1-3-6(10)4(8)2-5(9)7(3)11/h2H,1H3. The molecule has 0 radical (unpaired) electrons. The Morgan fingerprint density at radius 1 is 1.36 bits per heavy atom. The number of hydrogen-bond acceptors (Lipinski definition) is 0. The Kier molecular flexibility index (Phi) is 3.68. The van der Waals surface area contributed by atoms with E-state index in [4.69, 9.17) is 11.6 Å². The molecule has 1 aromatic carbocycles. The smallest absolute Gasteiger partial charge is 0.0588 e. The van der Waals surface area contributed by atoms with Gasteiger partial charge in [0.1, 0.15) is 0 Å². The van der Waals surface area contributed by atoms with E-state index in [0.29, 0.717) is 0 Å². The van der Waals surface area contributed by atoms with Crippen molar-refractivity contribution in [3.05, 3.63) is 29.2 Å². The first-order chi connectivity index (χ1) is 5.04. The Morgan fingerprint density at radius 3 is 2.45 bits per heavy atom. The average molecular weight is 410 g/mol. The predicted molar refractivity (Wildman–Crippen MR) is 64.3 cm³/mol. The van der Waals surface area contributed by atoms with Crippen LogP contribution in [0.5, 0.6) is 0 Å². The Labute approximate surface area is 101 Å². The van der Waals surface area contributed by atoms with Gasteiger partial charge in [0.25, 0.3) is 0 Å². The largest absolute Gasteiger partial charge is 0.0828 e. The monoisotopic (exact) mass is 408 g/mol. The van der Waals surface area contributed by atoms with Gasteiger partial charge in [0.2, 0.25) is 0 Å². The maximum atomic E-state index is 5.98. The van der Waals surface area contributed by atoms with Gasteiger partial charge < -0.3 is 0 Å². The topological polar surface area (TPSA) is 0 Å². The highest BCUT2D eigenvalue weighted by atomic mass is 127. The van der Waals surface area contributed by atoms with Gasteiger partial charge in [-0.05, 0) is 73.0 Å². The summed E-state index contributed by atoms with van der Waals surface area (Å²) in [6, 6.07) is 1.96. The third-order valence-electron chi connectivity index (χ3n) is 1.33. The molecule has 0 spiro atoms. The highest BCUT2D eigenvalue weighted by molar-refractivity contribution is 14.1. The molecular formula is C7H4Br2ClI. The quantitative estimate of drug-likeness (QED) is 0.427. The first kappa shape index (κ1) is 10.3. The first-order valence-electron chi connectivity index (χ1n) is 2.83. The molecule has 0 aliphatic carbocycles. The Morgan fingerprint density at radius 2 is 1.91 bits per heavy atom. The zero-order valence-electron chi connectivity index (χ0n) is 5.59. The van der Waals surface area contributed by atoms with Gasteiger partial charge in [-0.1, -0.05) is 11.6 Å². The van der Waals surface area contributed by atoms with Gasteiger partial charge >= 0.3 is 0 Å². The molecule has 0 nitrogen and oxygen atoms in total. The minimum atomic E-state index is 0.789. The van der Waals surface area contributed by atoms with Crippen LogP contribution < -0.4 is 0 Å². The van der Waals surface area contributed by atoms with Crippen LogP contribution in [-0.2, 0) is 0 Å². The molecule has 4 heteroatoms. The van der Waals surface area contributed by atoms with Gasteiger partial charge in [-0.2, -0.15) is 0 Å². The van der Waals surface area contributed by atoms with Gasteiger partial charge in [-0.15, -0.1) is 0 Å². The molecule has 0 saturated heterocycles. The lowest BCUT2D eigenvalue weighted by Crippen LogP contribution is -1.84. The second-order valence-electron chi connectivity index (χ2n) is 2.09. The molecule has 0 aliphatic rings.